The van der Waals surface area contributed by atoms with E-state index < -0.39 is 0 Å². The van der Waals surface area contributed by atoms with E-state index >= 15 is 0 Å². The number of hydrogen-bond acceptors (Lipinski definition) is 2. The van der Waals surface area contributed by atoms with Crippen molar-refractivity contribution in [2.75, 3.05) is 26.3 Å². The third kappa shape index (κ3) is 0.852. The molecule has 0 atom stereocenters. The maximum atomic E-state index is 5.39. The highest BCUT2D eigenvalue weighted by molar-refractivity contribution is 4.83. The van der Waals surface area contributed by atoms with Gasteiger partial charge in [-0.2, -0.15) is 0 Å². The van der Waals surface area contributed by atoms with Gasteiger partial charge in [-0.15, -0.1) is 0 Å². The molecule has 2 saturated heterocycles. The number of rotatable bonds is 0. The molecule has 0 unspecified atom stereocenters. The van der Waals surface area contributed by atoms with Gasteiger partial charge in [0, 0.05) is 13.0 Å². The first kappa shape index (κ1) is 5.65. The Bertz CT molecular complexity index is 86.1. The van der Waals surface area contributed by atoms with Crippen molar-refractivity contribution in [3.05, 3.63) is 0 Å². The summed E-state index contributed by atoms with van der Waals surface area (Å²) in [4.78, 5) is 0. The van der Waals surface area contributed by atoms with Crippen LogP contribution in [-0.4, -0.2) is 32.1 Å². The van der Waals surface area contributed by atoms with Crippen LogP contribution < -0.4 is 5.32 Å². The molecule has 0 aromatic heterocycles. The molecule has 2 aliphatic heterocycles. The van der Waals surface area contributed by atoms with Crippen molar-refractivity contribution in [3.63, 3.8) is 0 Å². The Labute approximate surface area is 54.3 Å². The van der Waals surface area contributed by atoms with Crippen molar-refractivity contribution in [2.24, 2.45) is 0 Å². The zero-order valence-electron chi connectivity index (χ0n) is 5.30. The minimum atomic E-state index is -0.278. The first-order chi connectivity index (χ1) is 4.41. The Morgan fingerprint density at radius 1 is 1.22 bits per heavy atom. The SMILES string of the molecule is C1CC2(C[N]1)OCCO2. The molecule has 0 aliphatic carbocycles. The van der Waals surface area contributed by atoms with E-state index in [9.17, 15) is 0 Å². The lowest BCUT2D eigenvalue weighted by Crippen LogP contribution is -2.30. The Hall–Kier alpha value is -0.120. The van der Waals surface area contributed by atoms with Gasteiger partial charge >= 0.3 is 0 Å². The molecule has 0 aromatic rings. The van der Waals surface area contributed by atoms with E-state index in [2.05, 4.69) is 5.32 Å². The average molecular weight is 128 g/mol. The van der Waals surface area contributed by atoms with Gasteiger partial charge in [0.25, 0.3) is 0 Å². The highest BCUT2D eigenvalue weighted by Gasteiger charge is 2.39. The molecule has 0 amide bonds. The van der Waals surface area contributed by atoms with Crippen molar-refractivity contribution < 1.29 is 9.47 Å². The van der Waals surface area contributed by atoms with E-state index in [1.807, 2.05) is 0 Å². The third-order valence-electron chi connectivity index (χ3n) is 1.82. The highest BCUT2D eigenvalue weighted by Crippen LogP contribution is 2.25. The van der Waals surface area contributed by atoms with Crippen molar-refractivity contribution >= 4 is 0 Å². The maximum Gasteiger partial charge on any atom is 0.183 e. The molecule has 1 radical (unpaired) electrons. The lowest BCUT2D eigenvalue weighted by molar-refractivity contribution is -0.139. The van der Waals surface area contributed by atoms with Gasteiger partial charge in [0.15, 0.2) is 5.79 Å². The third-order valence-corrected chi connectivity index (χ3v) is 1.82. The Morgan fingerprint density at radius 3 is 2.56 bits per heavy atom. The molecule has 1 spiro atoms. The predicted molar refractivity (Wildman–Crippen MR) is 31.1 cm³/mol. The van der Waals surface area contributed by atoms with Crippen molar-refractivity contribution in [1.29, 1.82) is 0 Å². The monoisotopic (exact) mass is 128 g/mol. The van der Waals surface area contributed by atoms with Crippen LogP contribution in [0.15, 0.2) is 0 Å². The van der Waals surface area contributed by atoms with E-state index in [0.29, 0.717) is 0 Å². The normalized spacial score (nSPS) is 32.0. The van der Waals surface area contributed by atoms with Gasteiger partial charge in [-0.3, -0.25) is 0 Å². The number of ether oxygens (including phenoxy) is 2. The van der Waals surface area contributed by atoms with Crippen LogP contribution in [0.2, 0.25) is 0 Å². The fourth-order valence-corrected chi connectivity index (χ4v) is 1.31. The molecular formula is C6H10NO2. The Balaban J connectivity index is 2.04. The molecular weight excluding hydrogens is 118 g/mol. The summed E-state index contributed by atoms with van der Waals surface area (Å²) in [5.41, 5.74) is 0. The average Bonchev–Trinajstić information content (AvgIpc) is 2.45. The first-order valence-electron chi connectivity index (χ1n) is 3.33. The van der Waals surface area contributed by atoms with E-state index in [1.165, 1.54) is 0 Å². The molecule has 51 valence electrons. The van der Waals surface area contributed by atoms with Crippen LogP contribution in [0.25, 0.3) is 0 Å². The van der Waals surface area contributed by atoms with Crippen LogP contribution in [0.1, 0.15) is 6.42 Å². The smallest absolute Gasteiger partial charge is 0.183 e. The van der Waals surface area contributed by atoms with Gasteiger partial charge in [0.1, 0.15) is 0 Å². The summed E-state index contributed by atoms with van der Waals surface area (Å²) in [6.07, 6.45) is 0.951. The van der Waals surface area contributed by atoms with E-state index in [1.54, 1.807) is 0 Å². The van der Waals surface area contributed by atoms with Crippen molar-refractivity contribution in [1.82, 2.24) is 5.32 Å². The number of hydrogen-bond donors (Lipinski definition) is 0. The summed E-state index contributed by atoms with van der Waals surface area (Å²) < 4.78 is 10.8. The van der Waals surface area contributed by atoms with Crippen LogP contribution in [0.3, 0.4) is 0 Å². The minimum absolute atomic E-state index is 0.278. The zero-order chi connectivity index (χ0) is 6.16. The zero-order valence-corrected chi connectivity index (χ0v) is 5.30. The summed E-state index contributed by atoms with van der Waals surface area (Å²) in [5, 5.41) is 4.17. The molecule has 3 heteroatoms. The summed E-state index contributed by atoms with van der Waals surface area (Å²) in [5.74, 6) is -0.278. The quantitative estimate of drug-likeness (QED) is 0.450. The van der Waals surface area contributed by atoms with E-state index in [4.69, 9.17) is 9.47 Å². The molecule has 2 aliphatic rings. The first-order valence-corrected chi connectivity index (χ1v) is 3.33. The molecule has 0 bridgehead atoms. The second-order valence-corrected chi connectivity index (χ2v) is 2.46. The lowest BCUT2D eigenvalue weighted by atomic mass is 10.2. The fraction of sp³-hybridized carbons (Fsp3) is 1.00. The topological polar surface area (TPSA) is 32.6 Å². The summed E-state index contributed by atoms with van der Waals surface area (Å²) in [7, 11) is 0. The van der Waals surface area contributed by atoms with Gasteiger partial charge in [-0.25, -0.2) is 5.32 Å². The van der Waals surface area contributed by atoms with Crippen LogP contribution >= 0.6 is 0 Å². The lowest BCUT2D eigenvalue weighted by Gasteiger charge is -2.18. The van der Waals surface area contributed by atoms with Crippen LogP contribution in [0.5, 0.6) is 0 Å². The van der Waals surface area contributed by atoms with Crippen molar-refractivity contribution in [2.45, 2.75) is 12.2 Å². The Kier molecular flexibility index (Phi) is 1.22. The molecule has 0 aromatic carbocycles. The molecule has 0 N–H and O–H groups in total. The highest BCUT2D eigenvalue weighted by atomic mass is 16.7. The van der Waals surface area contributed by atoms with Crippen LogP contribution in [0, 0.1) is 0 Å². The molecule has 2 rings (SSSR count). The van der Waals surface area contributed by atoms with Gasteiger partial charge in [-0.05, 0) is 0 Å². The summed E-state index contributed by atoms with van der Waals surface area (Å²) in [6, 6.07) is 0. The minimum Gasteiger partial charge on any atom is -0.346 e. The standard InChI is InChI=1S/C6H10NO2/c1-2-7-5-6(1)8-3-4-9-6/h1-5H2. The van der Waals surface area contributed by atoms with Gasteiger partial charge in [0.2, 0.25) is 0 Å². The summed E-state index contributed by atoms with van der Waals surface area (Å²) in [6.45, 7) is 3.14. The summed E-state index contributed by atoms with van der Waals surface area (Å²) >= 11 is 0. The van der Waals surface area contributed by atoms with Crippen molar-refractivity contribution in [3.8, 4) is 0 Å². The predicted octanol–water partition coefficient (Wildman–Crippen LogP) is -0.262. The molecule has 9 heavy (non-hydrogen) atoms. The van der Waals surface area contributed by atoms with Gasteiger partial charge in [0.05, 0.1) is 19.8 Å². The maximum absolute atomic E-state index is 5.39. The largest absolute Gasteiger partial charge is 0.346 e. The van der Waals surface area contributed by atoms with Gasteiger partial charge < -0.3 is 9.47 Å². The molecule has 2 fully saturated rings. The van der Waals surface area contributed by atoms with Crippen LogP contribution in [-0.2, 0) is 9.47 Å². The van der Waals surface area contributed by atoms with E-state index in [0.717, 1.165) is 32.7 Å². The molecule has 2 heterocycles. The van der Waals surface area contributed by atoms with Crippen LogP contribution in [0.4, 0.5) is 0 Å². The van der Waals surface area contributed by atoms with E-state index in [-0.39, 0.29) is 5.79 Å². The second-order valence-electron chi connectivity index (χ2n) is 2.46. The second kappa shape index (κ2) is 1.94. The van der Waals surface area contributed by atoms with Gasteiger partial charge in [-0.1, -0.05) is 0 Å². The molecule has 3 nitrogen and oxygen atoms in total. The Morgan fingerprint density at radius 2 is 2.00 bits per heavy atom. The fourth-order valence-electron chi connectivity index (χ4n) is 1.31. The molecule has 0 saturated carbocycles. The number of nitrogens with zero attached hydrogens (tertiary/aromatic N) is 1.